The van der Waals surface area contributed by atoms with Crippen molar-refractivity contribution in [2.75, 3.05) is 0 Å². The predicted molar refractivity (Wildman–Crippen MR) is 77.7 cm³/mol. The Morgan fingerprint density at radius 1 is 1.05 bits per heavy atom. The smallest absolute Gasteiger partial charge is 0.167 e. The first-order valence-corrected chi connectivity index (χ1v) is 6.93. The normalized spacial score (nSPS) is 13.3. The van der Waals surface area contributed by atoms with Gasteiger partial charge in [-0.3, -0.25) is 4.79 Å². The molecule has 0 heterocycles. The number of ketones is 1. The quantitative estimate of drug-likeness (QED) is 0.755. The Hall–Kier alpha value is -1.89. The minimum atomic E-state index is 0.219. The first kappa shape index (κ1) is 12.2. The maximum atomic E-state index is 12.3. The molecule has 0 aliphatic heterocycles. The van der Waals surface area contributed by atoms with Gasteiger partial charge in [-0.2, -0.15) is 0 Å². The van der Waals surface area contributed by atoms with Crippen molar-refractivity contribution < 1.29 is 4.79 Å². The third-order valence-electron chi connectivity index (χ3n) is 3.97. The van der Waals surface area contributed by atoms with Crippen LogP contribution >= 0.6 is 0 Å². The van der Waals surface area contributed by atoms with E-state index in [1.54, 1.807) is 0 Å². The van der Waals surface area contributed by atoms with Gasteiger partial charge < -0.3 is 0 Å². The van der Waals surface area contributed by atoms with Gasteiger partial charge in [0.25, 0.3) is 0 Å². The van der Waals surface area contributed by atoms with Crippen LogP contribution in [0, 0.1) is 6.92 Å². The van der Waals surface area contributed by atoms with E-state index >= 15 is 0 Å². The largest absolute Gasteiger partial charge is 0.294 e. The molecule has 0 N–H and O–H groups in total. The van der Waals surface area contributed by atoms with Crippen LogP contribution in [-0.4, -0.2) is 5.78 Å². The Kier molecular flexibility index (Phi) is 3.20. The Labute approximate surface area is 114 Å². The Balaban J connectivity index is 1.82. The molecule has 0 spiro atoms. The fourth-order valence-corrected chi connectivity index (χ4v) is 2.90. The standard InChI is InChI=1S/C18H18O/c1-13-5-2-3-8-17(13)18(19)12-14-9-10-15-6-4-7-16(15)11-14/h2-3,5,8-11H,4,6-7,12H2,1H3. The molecule has 0 saturated carbocycles. The fraction of sp³-hybridized carbons (Fsp3) is 0.278. The highest BCUT2D eigenvalue weighted by atomic mass is 16.1. The molecule has 19 heavy (non-hydrogen) atoms. The molecular formula is C18H18O. The summed E-state index contributed by atoms with van der Waals surface area (Å²) in [4.78, 5) is 12.3. The van der Waals surface area contributed by atoms with Crippen LogP contribution in [0.25, 0.3) is 0 Å². The summed E-state index contributed by atoms with van der Waals surface area (Å²) >= 11 is 0. The molecule has 0 aromatic heterocycles. The molecule has 0 bridgehead atoms. The first-order chi connectivity index (χ1) is 9.24. The fourth-order valence-electron chi connectivity index (χ4n) is 2.90. The average molecular weight is 250 g/mol. The summed E-state index contributed by atoms with van der Waals surface area (Å²) in [6.45, 7) is 2.00. The number of fused-ring (bicyclic) bond motifs is 1. The minimum Gasteiger partial charge on any atom is -0.294 e. The van der Waals surface area contributed by atoms with Gasteiger partial charge in [-0.1, -0.05) is 42.5 Å². The lowest BCUT2D eigenvalue weighted by Crippen LogP contribution is -2.05. The van der Waals surface area contributed by atoms with E-state index in [1.165, 1.54) is 30.4 Å². The van der Waals surface area contributed by atoms with Crippen molar-refractivity contribution in [3.05, 3.63) is 70.3 Å². The van der Waals surface area contributed by atoms with Gasteiger partial charge in [0.15, 0.2) is 5.78 Å². The summed E-state index contributed by atoms with van der Waals surface area (Å²) in [7, 11) is 0. The second kappa shape index (κ2) is 5.00. The lowest BCUT2D eigenvalue weighted by molar-refractivity contribution is 0.0992. The molecule has 0 atom stereocenters. The van der Waals surface area contributed by atoms with Crippen molar-refractivity contribution in [2.24, 2.45) is 0 Å². The third-order valence-corrected chi connectivity index (χ3v) is 3.97. The molecule has 1 aliphatic rings. The summed E-state index contributed by atoms with van der Waals surface area (Å²) in [6.07, 6.45) is 4.13. The molecule has 2 aromatic rings. The van der Waals surface area contributed by atoms with Gasteiger partial charge in [0, 0.05) is 12.0 Å². The molecule has 0 unspecified atom stereocenters. The molecule has 0 fully saturated rings. The summed E-state index contributed by atoms with van der Waals surface area (Å²) in [6, 6.07) is 14.4. The van der Waals surface area contributed by atoms with E-state index < -0.39 is 0 Å². The van der Waals surface area contributed by atoms with E-state index in [1.807, 2.05) is 31.2 Å². The Morgan fingerprint density at radius 2 is 1.84 bits per heavy atom. The second-order valence-corrected chi connectivity index (χ2v) is 5.37. The molecule has 0 amide bonds. The van der Waals surface area contributed by atoms with Gasteiger partial charge in [-0.15, -0.1) is 0 Å². The molecule has 1 nitrogen and oxygen atoms in total. The Bertz CT molecular complexity index is 625. The zero-order valence-corrected chi connectivity index (χ0v) is 11.3. The van der Waals surface area contributed by atoms with E-state index in [9.17, 15) is 4.79 Å². The third kappa shape index (κ3) is 2.46. The molecule has 0 radical (unpaired) electrons. The molecule has 1 aliphatic carbocycles. The van der Waals surface area contributed by atoms with Gasteiger partial charge in [0.1, 0.15) is 0 Å². The highest BCUT2D eigenvalue weighted by Gasteiger charge is 2.13. The Morgan fingerprint density at radius 3 is 2.68 bits per heavy atom. The number of hydrogen-bond acceptors (Lipinski definition) is 1. The number of Topliss-reactive ketones (excluding diaryl/α,β-unsaturated/α-hetero) is 1. The first-order valence-electron chi connectivity index (χ1n) is 6.93. The molecule has 1 heteroatoms. The van der Waals surface area contributed by atoms with Crippen LogP contribution in [0.15, 0.2) is 42.5 Å². The van der Waals surface area contributed by atoms with Crippen LogP contribution in [0.4, 0.5) is 0 Å². The number of carbonyl (C=O) groups is 1. The lowest BCUT2D eigenvalue weighted by Gasteiger charge is -2.06. The molecule has 3 rings (SSSR count). The maximum absolute atomic E-state index is 12.3. The number of benzene rings is 2. The van der Waals surface area contributed by atoms with Crippen molar-refractivity contribution >= 4 is 5.78 Å². The van der Waals surface area contributed by atoms with Crippen molar-refractivity contribution in [1.82, 2.24) is 0 Å². The zero-order chi connectivity index (χ0) is 13.2. The van der Waals surface area contributed by atoms with Crippen molar-refractivity contribution in [2.45, 2.75) is 32.6 Å². The topological polar surface area (TPSA) is 17.1 Å². The van der Waals surface area contributed by atoms with Gasteiger partial charge >= 0.3 is 0 Å². The number of aryl methyl sites for hydroxylation is 3. The van der Waals surface area contributed by atoms with E-state index in [-0.39, 0.29) is 5.78 Å². The minimum absolute atomic E-state index is 0.219. The monoisotopic (exact) mass is 250 g/mol. The lowest BCUT2D eigenvalue weighted by atomic mass is 9.97. The van der Waals surface area contributed by atoms with E-state index in [2.05, 4.69) is 18.2 Å². The van der Waals surface area contributed by atoms with E-state index in [4.69, 9.17) is 0 Å². The van der Waals surface area contributed by atoms with Crippen LogP contribution in [0.2, 0.25) is 0 Å². The van der Waals surface area contributed by atoms with Crippen LogP contribution in [0.5, 0.6) is 0 Å². The number of carbonyl (C=O) groups excluding carboxylic acids is 1. The average Bonchev–Trinajstić information content (AvgIpc) is 2.86. The molecule has 0 saturated heterocycles. The highest BCUT2D eigenvalue weighted by Crippen LogP contribution is 2.23. The summed E-state index contributed by atoms with van der Waals surface area (Å²) in [5.41, 5.74) is 5.97. The van der Waals surface area contributed by atoms with Crippen LogP contribution in [-0.2, 0) is 19.3 Å². The van der Waals surface area contributed by atoms with Crippen LogP contribution in [0.1, 0.15) is 39.0 Å². The predicted octanol–water partition coefficient (Wildman–Crippen LogP) is 3.91. The van der Waals surface area contributed by atoms with Gasteiger partial charge in [0.05, 0.1) is 0 Å². The maximum Gasteiger partial charge on any atom is 0.167 e. The summed E-state index contributed by atoms with van der Waals surface area (Å²) in [5, 5.41) is 0. The van der Waals surface area contributed by atoms with Crippen molar-refractivity contribution in [1.29, 1.82) is 0 Å². The van der Waals surface area contributed by atoms with Gasteiger partial charge in [0.2, 0.25) is 0 Å². The van der Waals surface area contributed by atoms with Crippen molar-refractivity contribution in [3.63, 3.8) is 0 Å². The van der Waals surface area contributed by atoms with E-state index in [0.29, 0.717) is 6.42 Å². The van der Waals surface area contributed by atoms with Crippen molar-refractivity contribution in [3.8, 4) is 0 Å². The van der Waals surface area contributed by atoms with Gasteiger partial charge in [-0.25, -0.2) is 0 Å². The van der Waals surface area contributed by atoms with E-state index in [0.717, 1.165) is 16.7 Å². The van der Waals surface area contributed by atoms with Gasteiger partial charge in [-0.05, 0) is 48.4 Å². The van der Waals surface area contributed by atoms with Crippen LogP contribution in [0.3, 0.4) is 0 Å². The zero-order valence-electron chi connectivity index (χ0n) is 11.3. The van der Waals surface area contributed by atoms with Crippen LogP contribution < -0.4 is 0 Å². The number of rotatable bonds is 3. The summed E-state index contributed by atoms with van der Waals surface area (Å²) in [5.74, 6) is 0.219. The molecular weight excluding hydrogens is 232 g/mol. The number of hydrogen-bond donors (Lipinski definition) is 0. The second-order valence-electron chi connectivity index (χ2n) is 5.37. The highest BCUT2D eigenvalue weighted by molar-refractivity contribution is 5.98. The SMILES string of the molecule is Cc1ccccc1C(=O)Cc1ccc2c(c1)CCC2. The summed E-state index contributed by atoms with van der Waals surface area (Å²) < 4.78 is 0. The molecule has 96 valence electrons. The molecule has 2 aromatic carbocycles.